The van der Waals surface area contributed by atoms with E-state index >= 15 is 0 Å². The Kier molecular flexibility index (Phi) is 5.36. The summed E-state index contributed by atoms with van der Waals surface area (Å²) in [7, 11) is 0. The zero-order valence-corrected chi connectivity index (χ0v) is 17.5. The number of carbonyl (C=O) groups excluding carboxylic acids is 1. The number of fused-ring (bicyclic) bond motifs is 1. The Labute approximate surface area is 178 Å². The van der Waals surface area contributed by atoms with Crippen LogP contribution < -0.4 is 9.47 Å². The first-order valence-electron chi connectivity index (χ1n) is 9.23. The van der Waals surface area contributed by atoms with Gasteiger partial charge in [-0.15, -0.1) is 0 Å². The Morgan fingerprint density at radius 2 is 1.69 bits per heavy atom. The van der Waals surface area contributed by atoms with Crippen LogP contribution in [0.5, 0.6) is 11.5 Å². The Morgan fingerprint density at radius 3 is 2.38 bits per heavy atom. The average Bonchev–Trinajstić information content (AvgIpc) is 3.06. The summed E-state index contributed by atoms with van der Waals surface area (Å²) < 4.78 is 12.9. The number of rotatable bonds is 5. The summed E-state index contributed by atoms with van der Waals surface area (Å²) in [5, 5.41) is 0. The largest absolute Gasteiger partial charge is 0.488 e. The number of carbonyl (C=O) groups is 1. The minimum atomic E-state index is -0.113. The van der Waals surface area contributed by atoms with E-state index in [2.05, 4.69) is 22.5 Å². The van der Waals surface area contributed by atoms with Crippen molar-refractivity contribution in [2.24, 2.45) is 0 Å². The van der Waals surface area contributed by atoms with Crippen molar-refractivity contribution in [3.63, 3.8) is 0 Å². The van der Waals surface area contributed by atoms with Crippen molar-refractivity contribution in [1.29, 1.82) is 0 Å². The van der Waals surface area contributed by atoms with Gasteiger partial charge in [-0.2, -0.15) is 0 Å². The van der Waals surface area contributed by atoms with E-state index in [1.807, 2.05) is 67.6 Å². The van der Waals surface area contributed by atoms with E-state index in [1.165, 1.54) is 0 Å². The number of benzene rings is 3. The number of halogens is 1. The molecule has 0 bridgehead atoms. The second-order valence-corrected chi connectivity index (χ2v) is 7.71. The quantitative estimate of drug-likeness (QED) is 0.414. The molecule has 29 heavy (non-hydrogen) atoms. The number of hydrogen-bond donors (Lipinski definition) is 0. The molecule has 3 aromatic carbocycles. The predicted octanol–water partition coefficient (Wildman–Crippen LogP) is 6.60. The number of allylic oxidation sites excluding steroid dienone is 1. The number of ether oxygens (including phenoxy) is 2. The Balaban J connectivity index is 1.54. The lowest BCUT2D eigenvalue weighted by Gasteiger charge is -2.11. The molecule has 0 N–H and O–H groups in total. The minimum absolute atomic E-state index is 0.113. The topological polar surface area (TPSA) is 35.5 Å². The van der Waals surface area contributed by atoms with Gasteiger partial charge in [0.05, 0.1) is 5.56 Å². The van der Waals surface area contributed by atoms with Gasteiger partial charge >= 0.3 is 0 Å². The Bertz CT molecular complexity index is 1110. The molecule has 1 aliphatic rings. The van der Waals surface area contributed by atoms with Crippen LogP contribution in [0.1, 0.15) is 32.6 Å². The van der Waals surface area contributed by atoms with Crippen molar-refractivity contribution in [3.8, 4) is 11.5 Å². The molecule has 1 heterocycles. The van der Waals surface area contributed by atoms with Crippen LogP contribution in [0.2, 0.25) is 0 Å². The third-order valence-electron chi connectivity index (χ3n) is 4.81. The van der Waals surface area contributed by atoms with Crippen LogP contribution in [0.15, 0.2) is 77.5 Å². The monoisotopic (exact) mass is 446 g/mol. The van der Waals surface area contributed by atoms with Crippen molar-refractivity contribution < 1.29 is 14.3 Å². The molecular weight excluding hydrogens is 428 g/mol. The van der Waals surface area contributed by atoms with Crippen LogP contribution >= 0.6 is 15.9 Å². The zero-order valence-electron chi connectivity index (χ0n) is 15.9. The number of ketones is 1. The molecule has 4 rings (SSSR count). The van der Waals surface area contributed by atoms with E-state index < -0.39 is 0 Å². The molecule has 0 amide bonds. The van der Waals surface area contributed by atoms with Gasteiger partial charge in [0.2, 0.25) is 5.78 Å². The lowest BCUT2D eigenvalue weighted by atomic mass is 10.1. The number of Topliss-reactive ketones (excluding diaryl/α,β-unsaturated/α-hetero) is 1. The number of hydrogen-bond acceptors (Lipinski definition) is 3. The smallest absolute Gasteiger partial charge is 0.231 e. The van der Waals surface area contributed by atoms with E-state index in [9.17, 15) is 4.79 Å². The van der Waals surface area contributed by atoms with Crippen molar-refractivity contribution in [1.82, 2.24) is 0 Å². The molecule has 0 aliphatic carbocycles. The highest BCUT2D eigenvalue weighted by molar-refractivity contribution is 9.10. The van der Waals surface area contributed by atoms with Gasteiger partial charge in [-0.3, -0.25) is 4.79 Å². The molecule has 0 saturated heterocycles. The molecule has 0 fully saturated rings. The second kappa shape index (κ2) is 8.10. The first kappa shape index (κ1) is 19.2. The van der Waals surface area contributed by atoms with Gasteiger partial charge in [0.1, 0.15) is 18.1 Å². The van der Waals surface area contributed by atoms with Gasteiger partial charge < -0.3 is 9.47 Å². The first-order chi connectivity index (χ1) is 14.0. The van der Waals surface area contributed by atoms with Crippen molar-refractivity contribution in [2.45, 2.75) is 13.5 Å². The van der Waals surface area contributed by atoms with Crippen molar-refractivity contribution >= 4 is 33.9 Å². The predicted molar refractivity (Wildman–Crippen MR) is 119 cm³/mol. The molecule has 0 spiro atoms. The molecule has 0 atom stereocenters. The molecule has 3 aromatic rings. The standard InChI is InChI=1S/C25H19BrO3/c1-3-17-4-6-19(7-5-17)15-28-22-13-12-21-24(27)23(29-25(21)16(22)2)14-18-8-10-20(26)11-9-18/h3-14H,1,15H2,2H3/b23-14-. The van der Waals surface area contributed by atoms with Gasteiger partial charge in [-0.25, -0.2) is 0 Å². The highest BCUT2D eigenvalue weighted by atomic mass is 79.9. The van der Waals surface area contributed by atoms with E-state index in [0.717, 1.165) is 26.7 Å². The van der Waals surface area contributed by atoms with Crippen LogP contribution in [-0.2, 0) is 6.61 Å². The molecule has 0 radical (unpaired) electrons. The normalized spacial score (nSPS) is 13.9. The third kappa shape index (κ3) is 4.03. The van der Waals surface area contributed by atoms with Gasteiger partial charge in [-0.1, -0.05) is 65.0 Å². The van der Waals surface area contributed by atoms with Gasteiger partial charge in [0, 0.05) is 10.0 Å². The molecule has 1 aliphatic heterocycles. The molecule has 4 heteroatoms. The summed E-state index contributed by atoms with van der Waals surface area (Å²) in [6.45, 7) is 6.11. The van der Waals surface area contributed by atoms with Crippen molar-refractivity contribution in [3.05, 3.63) is 105 Å². The summed E-state index contributed by atoms with van der Waals surface area (Å²) in [5.41, 5.74) is 4.41. The van der Waals surface area contributed by atoms with Gasteiger partial charge in [0.15, 0.2) is 5.76 Å². The highest BCUT2D eigenvalue weighted by Crippen LogP contribution is 2.39. The summed E-state index contributed by atoms with van der Waals surface area (Å²) >= 11 is 3.41. The van der Waals surface area contributed by atoms with Crippen LogP contribution in [0, 0.1) is 6.92 Å². The van der Waals surface area contributed by atoms with E-state index in [1.54, 1.807) is 12.1 Å². The maximum atomic E-state index is 12.7. The minimum Gasteiger partial charge on any atom is -0.488 e. The second-order valence-electron chi connectivity index (χ2n) is 6.79. The van der Waals surface area contributed by atoms with Crippen molar-refractivity contribution in [2.75, 3.05) is 0 Å². The maximum Gasteiger partial charge on any atom is 0.231 e. The van der Waals surface area contributed by atoms with Gasteiger partial charge in [0.25, 0.3) is 0 Å². The summed E-state index contributed by atoms with van der Waals surface area (Å²) in [6, 6.07) is 19.3. The van der Waals surface area contributed by atoms with Crippen LogP contribution in [0.3, 0.4) is 0 Å². The van der Waals surface area contributed by atoms with E-state index in [0.29, 0.717) is 29.4 Å². The Hall–Kier alpha value is -3.11. The first-order valence-corrected chi connectivity index (χ1v) is 10.0. The van der Waals surface area contributed by atoms with Crippen LogP contribution in [0.25, 0.3) is 12.2 Å². The van der Waals surface area contributed by atoms with Crippen LogP contribution in [0.4, 0.5) is 0 Å². The lowest BCUT2D eigenvalue weighted by Crippen LogP contribution is -1.98. The maximum absolute atomic E-state index is 12.7. The molecular formula is C25H19BrO3. The molecule has 0 unspecified atom stereocenters. The summed E-state index contributed by atoms with van der Waals surface area (Å²) in [4.78, 5) is 12.7. The van der Waals surface area contributed by atoms with Gasteiger partial charge in [-0.05, 0) is 54.0 Å². The zero-order chi connectivity index (χ0) is 20.4. The van der Waals surface area contributed by atoms with E-state index in [4.69, 9.17) is 9.47 Å². The lowest BCUT2D eigenvalue weighted by molar-refractivity contribution is 0.101. The fraction of sp³-hybridized carbons (Fsp3) is 0.0800. The Morgan fingerprint density at radius 1 is 1.00 bits per heavy atom. The fourth-order valence-electron chi connectivity index (χ4n) is 3.15. The molecule has 0 saturated carbocycles. The third-order valence-corrected chi connectivity index (χ3v) is 5.34. The molecule has 0 aromatic heterocycles. The summed E-state index contributed by atoms with van der Waals surface area (Å²) in [5.74, 6) is 1.48. The van der Waals surface area contributed by atoms with E-state index in [-0.39, 0.29) is 5.78 Å². The SMILES string of the molecule is C=Cc1ccc(COc2ccc3c(c2C)O/C(=C\c2ccc(Br)cc2)C3=O)cc1. The average molecular weight is 447 g/mol. The van der Waals surface area contributed by atoms with Crippen LogP contribution in [-0.4, -0.2) is 5.78 Å². The highest BCUT2D eigenvalue weighted by Gasteiger charge is 2.30. The molecule has 3 nitrogen and oxygen atoms in total. The summed E-state index contributed by atoms with van der Waals surface area (Å²) in [6.07, 6.45) is 3.57. The fourth-order valence-corrected chi connectivity index (χ4v) is 3.41. The molecule has 144 valence electrons.